The molecule has 1 rings (SSSR count). The molecule has 1 atom stereocenters. The molecule has 0 unspecified atom stereocenters. The second kappa shape index (κ2) is 3.29. The molecule has 13 heavy (non-hydrogen) atoms. The average Bonchev–Trinajstić information content (AvgIpc) is 2.20. The number of halogens is 2. The third-order valence-electron chi connectivity index (χ3n) is 1.59. The van der Waals surface area contributed by atoms with Crippen LogP contribution in [0.2, 0.25) is 0 Å². The van der Waals surface area contributed by atoms with Crippen LogP contribution in [-0.4, -0.2) is 30.1 Å². The van der Waals surface area contributed by atoms with Gasteiger partial charge in [-0.25, -0.2) is 0 Å². The molecule has 0 aromatic carbocycles. The van der Waals surface area contributed by atoms with Gasteiger partial charge in [0.2, 0.25) is 0 Å². The summed E-state index contributed by atoms with van der Waals surface area (Å²) in [5.74, 6) is -2.23. The Labute approximate surface area is 72.1 Å². The van der Waals surface area contributed by atoms with Crippen LogP contribution in [0.5, 0.6) is 0 Å². The Kier molecular flexibility index (Phi) is 2.51. The van der Waals surface area contributed by atoms with Gasteiger partial charge in [-0.3, -0.25) is 9.59 Å². The predicted molar refractivity (Wildman–Crippen MR) is 37.9 cm³/mol. The first-order chi connectivity index (χ1) is 5.91. The minimum absolute atomic E-state index is 0.189. The molecule has 0 saturated carbocycles. The summed E-state index contributed by atoms with van der Waals surface area (Å²) < 4.78 is 28.3. The van der Waals surface area contributed by atoms with Crippen molar-refractivity contribution in [2.45, 2.75) is 18.9 Å². The second-order valence-corrected chi connectivity index (χ2v) is 2.69. The van der Waals surface area contributed by atoms with E-state index in [0.29, 0.717) is 0 Å². The quantitative estimate of drug-likeness (QED) is 0.605. The second-order valence-electron chi connectivity index (χ2n) is 2.69. The maximum Gasteiger partial charge on any atom is 0.591 e. The van der Waals surface area contributed by atoms with Gasteiger partial charge in [0.15, 0.2) is 0 Å². The van der Waals surface area contributed by atoms with Crippen LogP contribution in [0.1, 0.15) is 12.8 Å². The highest BCUT2D eigenvalue weighted by Gasteiger charge is 2.43. The van der Waals surface area contributed by atoms with Gasteiger partial charge in [0, 0.05) is 6.42 Å². The number of carboxylic acids is 1. The van der Waals surface area contributed by atoms with Crippen LogP contribution in [0.25, 0.3) is 0 Å². The van der Waals surface area contributed by atoms with Crippen LogP contribution >= 0.6 is 0 Å². The Bertz CT molecular complexity index is 247. The van der Waals surface area contributed by atoms with Gasteiger partial charge in [-0.05, 0) is 6.42 Å². The van der Waals surface area contributed by atoms with E-state index in [2.05, 4.69) is 4.65 Å². The molecule has 0 amide bonds. The maximum atomic E-state index is 12.3. The van der Waals surface area contributed by atoms with Crippen molar-refractivity contribution in [2.75, 3.05) is 0 Å². The van der Waals surface area contributed by atoms with E-state index in [1.165, 1.54) is 0 Å². The number of hydrogen-bond donors (Lipinski definition) is 2. The fourth-order valence-electron chi connectivity index (χ4n) is 1.03. The summed E-state index contributed by atoms with van der Waals surface area (Å²) in [6, 6.07) is -1.20. The van der Waals surface area contributed by atoms with E-state index in [4.69, 9.17) is 5.11 Å². The van der Waals surface area contributed by atoms with Crippen LogP contribution in [0.3, 0.4) is 0 Å². The zero-order valence-corrected chi connectivity index (χ0v) is 6.50. The third kappa shape index (κ3) is 2.65. The van der Waals surface area contributed by atoms with Crippen LogP contribution in [0, 0.1) is 0 Å². The number of aliphatic carboxylic acids is 1. The lowest BCUT2D eigenvalue weighted by Crippen LogP contribution is -2.41. The number of carbonyl (C=O) groups is 2. The van der Waals surface area contributed by atoms with Gasteiger partial charge in [0.05, 0.1) is 6.04 Å². The Morgan fingerprint density at radius 1 is 1.69 bits per heavy atom. The predicted octanol–water partition coefficient (Wildman–Crippen LogP) is -0.259. The van der Waals surface area contributed by atoms with E-state index in [0.717, 1.165) is 0 Å². The Morgan fingerprint density at radius 2 is 2.31 bits per heavy atom. The lowest BCUT2D eigenvalue weighted by molar-refractivity contribution is -0.138. The molecule has 0 bridgehead atoms. The summed E-state index contributed by atoms with van der Waals surface area (Å²) in [4.78, 5) is 20.7. The molecule has 0 aliphatic carbocycles. The highest BCUT2D eigenvalue weighted by Crippen LogP contribution is 2.17. The van der Waals surface area contributed by atoms with Gasteiger partial charge in [-0.15, -0.1) is 0 Å². The minimum atomic E-state index is -4.28. The Hall–Kier alpha value is -1.18. The first kappa shape index (κ1) is 9.91. The Balaban J connectivity index is 2.44. The molecule has 8 heteroatoms. The van der Waals surface area contributed by atoms with Crippen molar-refractivity contribution in [3.8, 4) is 0 Å². The van der Waals surface area contributed by atoms with Gasteiger partial charge in [0.1, 0.15) is 0 Å². The molecule has 5 nitrogen and oxygen atoms in total. The van der Waals surface area contributed by atoms with Crippen molar-refractivity contribution in [1.82, 2.24) is 5.23 Å². The molecule has 1 heterocycles. The molecule has 0 aromatic rings. The van der Waals surface area contributed by atoms with Gasteiger partial charge >= 0.3 is 13.0 Å². The van der Waals surface area contributed by atoms with Crippen molar-refractivity contribution < 1.29 is 28.0 Å². The summed E-state index contributed by atoms with van der Waals surface area (Å²) in [7, 11) is -4.28. The number of rotatable bonds is 3. The van der Waals surface area contributed by atoms with Crippen molar-refractivity contribution in [2.24, 2.45) is 0 Å². The van der Waals surface area contributed by atoms with Crippen LogP contribution in [0.15, 0.2) is 0 Å². The number of carbonyl (C=O) groups excluding carboxylic acids is 1. The summed E-state index contributed by atoms with van der Waals surface area (Å²) in [6.07, 6.45) is -0.537. The van der Waals surface area contributed by atoms with E-state index in [1.807, 2.05) is 0 Å². The average molecular weight is 194 g/mol. The monoisotopic (exact) mass is 194 g/mol. The molecule has 74 valence electrons. The summed E-state index contributed by atoms with van der Waals surface area (Å²) in [5.41, 5.74) is 0. The van der Waals surface area contributed by atoms with Crippen LogP contribution in [0.4, 0.5) is 8.63 Å². The lowest BCUT2D eigenvalue weighted by atomic mass is 10.1. The molecule has 1 saturated heterocycles. The van der Waals surface area contributed by atoms with E-state index >= 15 is 0 Å². The molecule has 1 aliphatic heterocycles. The van der Waals surface area contributed by atoms with Crippen molar-refractivity contribution >= 4 is 19.0 Å². The van der Waals surface area contributed by atoms with Crippen LogP contribution < -0.4 is 5.23 Å². The smallest absolute Gasteiger partial charge is 0.591 e. The summed E-state index contributed by atoms with van der Waals surface area (Å²) >= 11 is 0. The van der Waals surface area contributed by atoms with E-state index < -0.39 is 25.0 Å². The SMILES string of the molecule is O=C(O)CC[C@@H]1N[B-](F)(F)OC1=O. The van der Waals surface area contributed by atoms with Crippen molar-refractivity contribution in [3.05, 3.63) is 0 Å². The summed E-state index contributed by atoms with van der Waals surface area (Å²) in [5, 5.41) is 9.86. The molecule has 0 aromatic heterocycles. The highest BCUT2D eigenvalue weighted by molar-refractivity contribution is 6.60. The van der Waals surface area contributed by atoms with Gasteiger partial charge < -0.3 is 23.6 Å². The maximum absolute atomic E-state index is 12.3. The van der Waals surface area contributed by atoms with Crippen molar-refractivity contribution in [3.63, 3.8) is 0 Å². The number of carboxylic acid groups (broad SMARTS) is 1. The zero-order chi connectivity index (χ0) is 10.1. The van der Waals surface area contributed by atoms with Gasteiger partial charge in [0.25, 0.3) is 5.97 Å². The zero-order valence-electron chi connectivity index (χ0n) is 6.50. The van der Waals surface area contributed by atoms with Crippen molar-refractivity contribution in [1.29, 1.82) is 0 Å². The van der Waals surface area contributed by atoms with Gasteiger partial charge in [-0.2, -0.15) is 0 Å². The van der Waals surface area contributed by atoms with E-state index in [9.17, 15) is 18.2 Å². The minimum Gasteiger partial charge on any atom is -0.623 e. The van der Waals surface area contributed by atoms with E-state index in [-0.39, 0.29) is 12.8 Å². The largest absolute Gasteiger partial charge is 0.623 e. The fourth-order valence-corrected chi connectivity index (χ4v) is 1.03. The first-order valence-electron chi connectivity index (χ1n) is 3.64. The molecule has 0 spiro atoms. The van der Waals surface area contributed by atoms with E-state index in [1.54, 1.807) is 5.23 Å². The molecule has 1 aliphatic rings. The molecular formula is C5H7BF2NO4-. The Morgan fingerprint density at radius 3 is 2.69 bits per heavy atom. The number of nitrogens with one attached hydrogen (secondary N) is 1. The molecule has 0 radical (unpaired) electrons. The molecular weight excluding hydrogens is 187 g/mol. The molecule has 1 fully saturated rings. The first-order valence-corrected chi connectivity index (χ1v) is 3.64. The molecule has 2 N–H and O–H groups in total. The normalized spacial score (nSPS) is 25.7. The lowest BCUT2D eigenvalue weighted by Gasteiger charge is -2.14. The van der Waals surface area contributed by atoms with Crippen LogP contribution in [-0.2, 0) is 14.2 Å². The summed E-state index contributed by atoms with van der Waals surface area (Å²) in [6.45, 7) is 0. The fraction of sp³-hybridized carbons (Fsp3) is 0.600. The third-order valence-corrected chi connectivity index (χ3v) is 1.59. The highest BCUT2D eigenvalue weighted by atomic mass is 19.3. The standard InChI is InChI=1S/C5H7BF2NO4/c7-6(8)9-3(5(12)13-6)1-2-4(10)11/h3,9H,1-2H2,(H,10,11)/q-1/t3-/m0/s1. The topological polar surface area (TPSA) is 75.6 Å². The van der Waals surface area contributed by atoms with Gasteiger partial charge in [-0.1, -0.05) is 0 Å². The number of hydrogen-bond acceptors (Lipinski definition) is 4.